The van der Waals surface area contributed by atoms with Crippen LogP contribution in [-0.4, -0.2) is 29.7 Å². The van der Waals surface area contributed by atoms with E-state index in [0.717, 1.165) is 11.0 Å². The van der Waals surface area contributed by atoms with Gasteiger partial charge in [-0.05, 0) is 30.3 Å². The van der Waals surface area contributed by atoms with Gasteiger partial charge in [0.15, 0.2) is 0 Å². The van der Waals surface area contributed by atoms with Crippen molar-refractivity contribution in [2.24, 2.45) is 7.05 Å². The van der Waals surface area contributed by atoms with Gasteiger partial charge in [-0.2, -0.15) is 0 Å². The molecule has 0 saturated heterocycles. The number of aryl methyl sites for hydroxylation is 1. The second kappa shape index (κ2) is 6.00. The summed E-state index contributed by atoms with van der Waals surface area (Å²) in [6.45, 7) is 0. The average Bonchev–Trinajstić information content (AvgIpc) is 2.95. The Kier molecular flexibility index (Phi) is 3.89. The normalized spacial score (nSPS) is 10.6. The number of anilines is 1. The Labute approximate surface area is 133 Å². The van der Waals surface area contributed by atoms with Gasteiger partial charge < -0.3 is 19.4 Å². The van der Waals surface area contributed by atoms with Crippen LogP contribution in [0.2, 0.25) is 0 Å². The highest BCUT2D eigenvalue weighted by Crippen LogP contribution is 2.29. The maximum absolute atomic E-state index is 12.5. The molecule has 6 nitrogen and oxygen atoms in total. The Morgan fingerprint density at radius 2 is 1.96 bits per heavy atom. The number of carbonyl (C=O) groups is 1. The standard InChI is InChI=1S/C17H17N3O3/c1-20-10-18-13-8-11(4-6-15(13)20)17(21)19-14-9-12(22-2)5-7-16(14)23-3/h4-10H,1-3H3,(H,19,21). The lowest BCUT2D eigenvalue weighted by atomic mass is 10.1. The van der Waals surface area contributed by atoms with Gasteiger partial charge in [0.1, 0.15) is 11.5 Å². The van der Waals surface area contributed by atoms with E-state index in [1.54, 1.807) is 50.9 Å². The summed E-state index contributed by atoms with van der Waals surface area (Å²) in [5, 5.41) is 2.85. The molecule has 2 aromatic carbocycles. The number of methoxy groups -OCH3 is 2. The summed E-state index contributed by atoms with van der Waals surface area (Å²) < 4.78 is 12.4. The van der Waals surface area contributed by atoms with Gasteiger partial charge in [0.05, 0.1) is 37.3 Å². The predicted molar refractivity (Wildman–Crippen MR) is 88.2 cm³/mol. The fourth-order valence-electron chi connectivity index (χ4n) is 2.38. The van der Waals surface area contributed by atoms with Crippen LogP contribution in [0.1, 0.15) is 10.4 Å². The highest BCUT2D eigenvalue weighted by atomic mass is 16.5. The number of carbonyl (C=O) groups excluding carboxylic acids is 1. The fraction of sp³-hybridized carbons (Fsp3) is 0.176. The molecular formula is C17H17N3O3. The molecule has 0 fully saturated rings. The number of ether oxygens (including phenoxy) is 2. The molecule has 118 valence electrons. The van der Waals surface area contributed by atoms with Gasteiger partial charge in [-0.25, -0.2) is 4.98 Å². The molecule has 1 amide bonds. The van der Waals surface area contributed by atoms with E-state index in [-0.39, 0.29) is 5.91 Å². The minimum Gasteiger partial charge on any atom is -0.497 e. The van der Waals surface area contributed by atoms with E-state index in [0.29, 0.717) is 22.7 Å². The topological polar surface area (TPSA) is 65.4 Å². The smallest absolute Gasteiger partial charge is 0.255 e. The van der Waals surface area contributed by atoms with Crippen LogP contribution in [0, 0.1) is 0 Å². The minimum absolute atomic E-state index is 0.232. The lowest BCUT2D eigenvalue weighted by Gasteiger charge is -2.11. The van der Waals surface area contributed by atoms with E-state index in [1.165, 1.54) is 0 Å². The van der Waals surface area contributed by atoms with E-state index in [2.05, 4.69) is 10.3 Å². The molecule has 3 rings (SSSR count). The molecule has 23 heavy (non-hydrogen) atoms. The van der Waals surface area contributed by atoms with E-state index in [1.807, 2.05) is 17.7 Å². The van der Waals surface area contributed by atoms with Crippen LogP contribution in [0.3, 0.4) is 0 Å². The lowest BCUT2D eigenvalue weighted by molar-refractivity contribution is 0.102. The molecule has 0 radical (unpaired) electrons. The van der Waals surface area contributed by atoms with Gasteiger partial charge in [0.2, 0.25) is 0 Å². The molecule has 0 aliphatic carbocycles. The molecule has 0 aliphatic rings. The number of hydrogen-bond donors (Lipinski definition) is 1. The number of rotatable bonds is 4. The SMILES string of the molecule is COc1ccc(OC)c(NC(=O)c2ccc3c(c2)ncn3C)c1. The number of imidazole rings is 1. The molecule has 6 heteroatoms. The Morgan fingerprint density at radius 1 is 1.13 bits per heavy atom. The molecule has 0 saturated carbocycles. The van der Waals surface area contributed by atoms with Crippen LogP contribution in [0.4, 0.5) is 5.69 Å². The molecule has 0 spiro atoms. The molecule has 1 heterocycles. The zero-order valence-electron chi connectivity index (χ0n) is 13.2. The highest BCUT2D eigenvalue weighted by Gasteiger charge is 2.12. The van der Waals surface area contributed by atoms with Gasteiger partial charge in [0, 0.05) is 18.7 Å². The molecular weight excluding hydrogens is 294 g/mol. The number of benzene rings is 2. The Balaban J connectivity index is 1.90. The van der Waals surface area contributed by atoms with Gasteiger partial charge in [-0.3, -0.25) is 4.79 Å². The number of hydrogen-bond acceptors (Lipinski definition) is 4. The maximum atomic E-state index is 12.5. The second-order valence-electron chi connectivity index (χ2n) is 5.08. The van der Waals surface area contributed by atoms with Crippen LogP contribution in [0.5, 0.6) is 11.5 Å². The zero-order valence-corrected chi connectivity index (χ0v) is 13.2. The van der Waals surface area contributed by atoms with Crippen molar-refractivity contribution in [3.8, 4) is 11.5 Å². The maximum Gasteiger partial charge on any atom is 0.255 e. The second-order valence-corrected chi connectivity index (χ2v) is 5.08. The van der Waals surface area contributed by atoms with E-state index in [4.69, 9.17) is 9.47 Å². The van der Waals surface area contributed by atoms with Gasteiger partial charge in [-0.1, -0.05) is 0 Å². The van der Waals surface area contributed by atoms with Crippen molar-refractivity contribution in [3.05, 3.63) is 48.3 Å². The first kappa shape index (κ1) is 14.9. The lowest BCUT2D eigenvalue weighted by Crippen LogP contribution is -2.12. The summed E-state index contributed by atoms with van der Waals surface area (Å²) in [7, 11) is 5.04. The van der Waals surface area contributed by atoms with E-state index in [9.17, 15) is 4.79 Å². The van der Waals surface area contributed by atoms with Crippen molar-refractivity contribution in [1.82, 2.24) is 9.55 Å². The number of nitrogens with zero attached hydrogens (tertiary/aromatic N) is 2. The van der Waals surface area contributed by atoms with Gasteiger partial charge in [-0.15, -0.1) is 0 Å². The molecule has 0 bridgehead atoms. The summed E-state index contributed by atoms with van der Waals surface area (Å²) in [6.07, 6.45) is 1.72. The van der Waals surface area contributed by atoms with Gasteiger partial charge >= 0.3 is 0 Å². The first-order valence-corrected chi connectivity index (χ1v) is 7.07. The van der Waals surface area contributed by atoms with Gasteiger partial charge in [0.25, 0.3) is 5.91 Å². The quantitative estimate of drug-likeness (QED) is 0.804. The highest BCUT2D eigenvalue weighted by molar-refractivity contribution is 6.06. The largest absolute Gasteiger partial charge is 0.497 e. The monoisotopic (exact) mass is 311 g/mol. The predicted octanol–water partition coefficient (Wildman–Crippen LogP) is 2.84. The van der Waals surface area contributed by atoms with Crippen LogP contribution < -0.4 is 14.8 Å². The molecule has 1 N–H and O–H groups in total. The molecule has 0 atom stereocenters. The third kappa shape index (κ3) is 2.83. The van der Waals surface area contributed by atoms with E-state index >= 15 is 0 Å². The summed E-state index contributed by atoms with van der Waals surface area (Å²) in [4.78, 5) is 16.8. The average molecular weight is 311 g/mol. The summed E-state index contributed by atoms with van der Waals surface area (Å²) in [5.74, 6) is 0.975. The molecule has 0 aliphatic heterocycles. The molecule has 3 aromatic rings. The third-order valence-corrected chi connectivity index (χ3v) is 3.64. The van der Waals surface area contributed by atoms with Crippen molar-refractivity contribution in [1.29, 1.82) is 0 Å². The molecule has 0 unspecified atom stereocenters. The Hall–Kier alpha value is -3.02. The van der Waals surface area contributed by atoms with E-state index < -0.39 is 0 Å². The Bertz CT molecular complexity index is 871. The fourth-order valence-corrected chi connectivity index (χ4v) is 2.38. The number of aromatic nitrogens is 2. The number of amides is 1. The van der Waals surface area contributed by atoms with Crippen LogP contribution >= 0.6 is 0 Å². The number of fused-ring (bicyclic) bond motifs is 1. The van der Waals surface area contributed by atoms with Crippen molar-refractivity contribution >= 4 is 22.6 Å². The van der Waals surface area contributed by atoms with Crippen molar-refractivity contribution in [3.63, 3.8) is 0 Å². The first-order valence-electron chi connectivity index (χ1n) is 7.07. The van der Waals surface area contributed by atoms with Crippen LogP contribution in [0.25, 0.3) is 11.0 Å². The van der Waals surface area contributed by atoms with Crippen molar-refractivity contribution in [2.75, 3.05) is 19.5 Å². The first-order chi connectivity index (χ1) is 11.1. The van der Waals surface area contributed by atoms with Crippen molar-refractivity contribution in [2.45, 2.75) is 0 Å². The van der Waals surface area contributed by atoms with Crippen molar-refractivity contribution < 1.29 is 14.3 Å². The summed E-state index contributed by atoms with van der Waals surface area (Å²) in [5.41, 5.74) is 2.83. The van der Waals surface area contributed by atoms with Crippen LogP contribution in [0.15, 0.2) is 42.7 Å². The Morgan fingerprint density at radius 3 is 2.70 bits per heavy atom. The third-order valence-electron chi connectivity index (χ3n) is 3.64. The minimum atomic E-state index is -0.232. The summed E-state index contributed by atoms with van der Waals surface area (Å²) in [6, 6.07) is 10.6. The molecule has 1 aromatic heterocycles. The van der Waals surface area contributed by atoms with Crippen LogP contribution in [-0.2, 0) is 7.05 Å². The zero-order chi connectivity index (χ0) is 16.4. The number of nitrogens with one attached hydrogen (secondary N) is 1. The summed E-state index contributed by atoms with van der Waals surface area (Å²) >= 11 is 0.